The molecule has 0 radical (unpaired) electrons. The highest BCUT2D eigenvalue weighted by molar-refractivity contribution is 5.98. The van der Waals surface area contributed by atoms with Crippen LogP contribution in [0.15, 0.2) is 60.9 Å². The highest BCUT2D eigenvalue weighted by Crippen LogP contribution is 2.25. The number of nitrogens with one attached hydrogen (secondary N) is 2. The minimum Gasteiger partial charge on any atom is -0.394 e. The SMILES string of the molecule is COC[C@H]1CCCN1CCNC(=O)c1ccc(F)c(CC(=O)c2cnc3cc(-c4ccc(C(=O)NC(C)(C)CO)c(F)c4)ccn23)c1. The number of rotatable bonds is 13. The molecule has 2 aromatic heterocycles. The number of hydrogen-bond donors (Lipinski definition) is 3. The quantitative estimate of drug-likeness (QED) is 0.187. The molecule has 5 rings (SSSR count). The van der Waals surface area contributed by atoms with Crippen molar-refractivity contribution in [3.63, 3.8) is 0 Å². The molecule has 10 nitrogen and oxygen atoms in total. The Morgan fingerprint density at radius 1 is 1.04 bits per heavy atom. The summed E-state index contributed by atoms with van der Waals surface area (Å²) in [5.74, 6) is -2.70. The number of benzene rings is 2. The molecular weight excluding hydrogens is 608 g/mol. The number of pyridine rings is 1. The third-order valence-electron chi connectivity index (χ3n) is 8.39. The molecule has 1 aliphatic rings. The molecule has 2 amide bonds. The Labute approximate surface area is 271 Å². The van der Waals surface area contributed by atoms with Crippen molar-refractivity contribution in [3.8, 4) is 11.1 Å². The summed E-state index contributed by atoms with van der Waals surface area (Å²) in [5.41, 5.74) is 1.03. The Morgan fingerprint density at radius 2 is 1.83 bits per heavy atom. The summed E-state index contributed by atoms with van der Waals surface area (Å²) in [6.07, 6.45) is 4.88. The minimum atomic E-state index is -0.909. The van der Waals surface area contributed by atoms with E-state index >= 15 is 0 Å². The molecule has 3 heterocycles. The number of Topliss-reactive ketones (excluding diaryl/α,β-unsaturated/α-hetero) is 1. The molecule has 4 aromatic rings. The maximum absolute atomic E-state index is 14.9. The number of amides is 2. The van der Waals surface area contributed by atoms with Gasteiger partial charge in [-0.15, -0.1) is 0 Å². The minimum absolute atomic E-state index is 0.0934. The molecule has 12 heteroatoms. The smallest absolute Gasteiger partial charge is 0.254 e. The molecule has 248 valence electrons. The monoisotopic (exact) mass is 647 g/mol. The summed E-state index contributed by atoms with van der Waals surface area (Å²) >= 11 is 0. The molecular formula is C35H39F2N5O5. The van der Waals surface area contributed by atoms with Crippen molar-refractivity contribution >= 4 is 23.2 Å². The van der Waals surface area contributed by atoms with Gasteiger partial charge in [-0.05, 0) is 92.4 Å². The third kappa shape index (κ3) is 7.90. The zero-order chi connectivity index (χ0) is 33.7. The van der Waals surface area contributed by atoms with Crippen molar-refractivity contribution in [1.29, 1.82) is 0 Å². The fraction of sp³-hybridized carbons (Fsp3) is 0.371. The van der Waals surface area contributed by atoms with Crippen LogP contribution in [-0.2, 0) is 11.2 Å². The zero-order valence-electron chi connectivity index (χ0n) is 26.7. The summed E-state index contributed by atoms with van der Waals surface area (Å²) in [5, 5.41) is 14.9. The molecule has 0 aliphatic carbocycles. The van der Waals surface area contributed by atoms with Gasteiger partial charge >= 0.3 is 0 Å². The largest absolute Gasteiger partial charge is 0.394 e. The predicted molar refractivity (Wildman–Crippen MR) is 172 cm³/mol. The second kappa shape index (κ2) is 14.5. The molecule has 3 N–H and O–H groups in total. The fourth-order valence-corrected chi connectivity index (χ4v) is 5.76. The average Bonchev–Trinajstić information content (AvgIpc) is 3.68. The van der Waals surface area contributed by atoms with E-state index in [0.29, 0.717) is 42.5 Å². The van der Waals surface area contributed by atoms with Gasteiger partial charge in [-0.3, -0.25) is 23.7 Å². The van der Waals surface area contributed by atoms with Crippen LogP contribution in [0.5, 0.6) is 0 Å². The van der Waals surface area contributed by atoms with Gasteiger partial charge in [0.2, 0.25) is 0 Å². The zero-order valence-corrected chi connectivity index (χ0v) is 26.7. The topological polar surface area (TPSA) is 125 Å². The van der Waals surface area contributed by atoms with Gasteiger partial charge in [-0.1, -0.05) is 6.07 Å². The summed E-state index contributed by atoms with van der Waals surface area (Å²) in [4.78, 5) is 45.2. The van der Waals surface area contributed by atoms with Gasteiger partial charge in [-0.2, -0.15) is 0 Å². The Balaban J connectivity index is 1.25. The number of halogens is 2. The van der Waals surface area contributed by atoms with Gasteiger partial charge < -0.3 is 20.5 Å². The number of imidazole rings is 1. The van der Waals surface area contributed by atoms with Crippen LogP contribution in [0.1, 0.15) is 63.5 Å². The van der Waals surface area contributed by atoms with Crippen molar-refractivity contribution in [2.75, 3.05) is 40.0 Å². The normalized spacial score (nSPS) is 15.2. The molecule has 2 aromatic carbocycles. The van der Waals surface area contributed by atoms with Crippen LogP contribution in [-0.4, -0.2) is 88.5 Å². The van der Waals surface area contributed by atoms with E-state index < -0.39 is 28.9 Å². The predicted octanol–water partition coefficient (Wildman–Crippen LogP) is 4.05. The summed E-state index contributed by atoms with van der Waals surface area (Å²) in [7, 11) is 1.68. The number of likely N-dealkylation sites (tertiary alicyclic amines) is 1. The second-order valence-corrected chi connectivity index (χ2v) is 12.4. The molecule has 1 aliphatic heterocycles. The first-order chi connectivity index (χ1) is 22.5. The lowest BCUT2D eigenvalue weighted by molar-refractivity contribution is 0.0864. The number of fused-ring (bicyclic) bond motifs is 1. The van der Waals surface area contributed by atoms with E-state index in [4.69, 9.17) is 4.74 Å². The number of aromatic nitrogens is 2. The van der Waals surface area contributed by atoms with E-state index in [-0.39, 0.29) is 41.3 Å². The van der Waals surface area contributed by atoms with E-state index in [9.17, 15) is 28.3 Å². The van der Waals surface area contributed by atoms with Gasteiger partial charge in [0.05, 0.1) is 30.5 Å². The number of ether oxygens (including phenoxy) is 1. The standard InChI is InChI=1S/C35H39F2N5O5/c1-35(2,21-43)40-34(46)27-8-6-22(16-29(27)37)23-10-13-42-30(19-39-32(42)18-23)31(44)17-25-15-24(7-9-28(25)36)33(45)38-11-14-41-12-4-5-26(41)20-47-3/h6-10,13,15-16,18-19,26,43H,4-5,11-12,14,17,20-21H2,1-3H3,(H,38,45)(H,40,46)/t26-/m1/s1. The van der Waals surface area contributed by atoms with Crippen molar-refractivity contribution in [1.82, 2.24) is 24.9 Å². The molecule has 1 fully saturated rings. The second-order valence-electron chi connectivity index (χ2n) is 12.4. The lowest BCUT2D eigenvalue weighted by Gasteiger charge is -2.23. The average molecular weight is 648 g/mol. The maximum Gasteiger partial charge on any atom is 0.254 e. The number of aliphatic hydroxyl groups is 1. The Kier molecular flexibility index (Phi) is 10.4. The number of hydrogen-bond acceptors (Lipinski definition) is 7. The van der Waals surface area contributed by atoms with E-state index in [2.05, 4.69) is 20.5 Å². The van der Waals surface area contributed by atoms with Crippen LogP contribution in [0.4, 0.5) is 8.78 Å². The number of carbonyl (C=O) groups excluding carboxylic acids is 3. The Hall–Kier alpha value is -4.52. The third-order valence-corrected chi connectivity index (χ3v) is 8.39. The Bertz CT molecular complexity index is 1790. The summed E-state index contributed by atoms with van der Waals surface area (Å²) in [6.45, 7) is 5.67. The molecule has 47 heavy (non-hydrogen) atoms. The van der Waals surface area contributed by atoms with Crippen LogP contribution >= 0.6 is 0 Å². The van der Waals surface area contributed by atoms with Crippen LogP contribution in [0.3, 0.4) is 0 Å². The molecule has 0 saturated carbocycles. The number of aliphatic hydroxyl groups excluding tert-OH is 1. The first kappa shape index (κ1) is 33.8. The van der Waals surface area contributed by atoms with Crippen molar-refractivity contribution in [3.05, 3.63) is 94.9 Å². The molecule has 0 spiro atoms. The van der Waals surface area contributed by atoms with Gasteiger partial charge in [0.15, 0.2) is 5.78 Å². The van der Waals surface area contributed by atoms with Crippen LogP contribution < -0.4 is 10.6 Å². The summed E-state index contributed by atoms with van der Waals surface area (Å²) in [6, 6.07) is 11.9. The lowest BCUT2D eigenvalue weighted by Crippen LogP contribution is -2.46. The van der Waals surface area contributed by atoms with E-state index in [1.165, 1.54) is 36.5 Å². The number of methoxy groups -OCH3 is 1. The molecule has 1 atom stereocenters. The Morgan fingerprint density at radius 3 is 2.57 bits per heavy atom. The number of ketones is 1. The van der Waals surface area contributed by atoms with Gasteiger partial charge in [0.25, 0.3) is 11.8 Å². The molecule has 1 saturated heterocycles. The number of nitrogens with zero attached hydrogens (tertiary/aromatic N) is 3. The van der Waals surface area contributed by atoms with E-state index in [1.807, 2.05) is 0 Å². The van der Waals surface area contributed by atoms with Gasteiger partial charge in [0.1, 0.15) is 23.0 Å². The van der Waals surface area contributed by atoms with Crippen molar-refractivity contribution in [2.24, 2.45) is 0 Å². The van der Waals surface area contributed by atoms with Crippen LogP contribution in [0.2, 0.25) is 0 Å². The lowest BCUT2D eigenvalue weighted by atomic mass is 10.0. The highest BCUT2D eigenvalue weighted by Gasteiger charge is 2.25. The van der Waals surface area contributed by atoms with Crippen LogP contribution in [0.25, 0.3) is 16.8 Å². The van der Waals surface area contributed by atoms with E-state index in [0.717, 1.165) is 19.4 Å². The highest BCUT2D eigenvalue weighted by atomic mass is 19.1. The molecule has 0 unspecified atom stereocenters. The summed E-state index contributed by atoms with van der Waals surface area (Å²) < 4.78 is 36.5. The number of carbonyl (C=O) groups is 3. The van der Waals surface area contributed by atoms with Crippen molar-refractivity contribution in [2.45, 2.75) is 44.7 Å². The van der Waals surface area contributed by atoms with Crippen LogP contribution in [0, 0.1) is 11.6 Å². The first-order valence-corrected chi connectivity index (χ1v) is 15.5. The van der Waals surface area contributed by atoms with E-state index in [1.54, 1.807) is 49.8 Å². The maximum atomic E-state index is 14.9. The van der Waals surface area contributed by atoms with Gasteiger partial charge in [0, 0.05) is 44.4 Å². The van der Waals surface area contributed by atoms with Crippen molar-refractivity contribution < 1.29 is 33.0 Å². The van der Waals surface area contributed by atoms with Gasteiger partial charge in [-0.25, -0.2) is 13.8 Å². The first-order valence-electron chi connectivity index (χ1n) is 15.5. The fourth-order valence-electron chi connectivity index (χ4n) is 5.76. The molecule has 0 bridgehead atoms.